The summed E-state index contributed by atoms with van der Waals surface area (Å²) in [5.41, 5.74) is 0.431. The molecule has 0 aliphatic heterocycles. The van der Waals surface area contributed by atoms with Crippen LogP contribution in [0.5, 0.6) is 0 Å². The van der Waals surface area contributed by atoms with Crippen LogP contribution in [0.3, 0.4) is 0 Å². The molecule has 0 aliphatic rings. The Morgan fingerprint density at radius 1 is 1.35 bits per heavy atom. The van der Waals surface area contributed by atoms with Gasteiger partial charge in [0.25, 0.3) is 0 Å². The van der Waals surface area contributed by atoms with E-state index in [9.17, 15) is 13.2 Å². The molecule has 0 unspecified atom stereocenters. The molecule has 0 bridgehead atoms. The average molecular weight is 296 g/mol. The number of aromatic nitrogens is 1. The van der Waals surface area contributed by atoms with Gasteiger partial charge in [-0.2, -0.15) is 0 Å². The molecule has 0 amide bonds. The quantitative estimate of drug-likeness (QED) is 0.819. The summed E-state index contributed by atoms with van der Waals surface area (Å²) in [6.07, 6.45) is 2.69. The maximum Gasteiger partial charge on any atom is 0.354 e. The number of sulfonamides is 1. The number of nitrogens with one attached hydrogen (secondary N) is 1. The SMILES string of the molecule is O=C(O)c1cccc(CCNS(=O)(=O)c2ccoc2)n1. The van der Waals surface area contributed by atoms with E-state index in [1.165, 1.54) is 18.4 Å². The second-order valence-electron chi connectivity index (χ2n) is 3.93. The van der Waals surface area contributed by atoms with Gasteiger partial charge in [0.1, 0.15) is 16.9 Å². The molecular formula is C12H12N2O5S. The molecule has 106 valence electrons. The van der Waals surface area contributed by atoms with E-state index in [4.69, 9.17) is 9.52 Å². The molecule has 0 saturated carbocycles. The molecule has 8 heteroatoms. The van der Waals surface area contributed by atoms with Crippen LogP contribution < -0.4 is 4.72 Å². The largest absolute Gasteiger partial charge is 0.477 e. The summed E-state index contributed by atoms with van der Waals surface area (Å²) in [5.74, 6) is -1.12. The Morgan fingerprint density at radius 2 is 2.15 bits per heavy atom. The molecule has 0 atom stereocenters. The number of hydrogen-bond acceptors (Lipinski definition) is 5. The van der Waals surface area contributed by atoms with Gasteiger partial charge in [-0.05, 0) is 18.2 Å². The number of pyridine rings is 1. The van der Waals surface area contributed by atoms with Crippen LogP contribution in [0.25, 0.3) is 0 Å². The summed E-state index contributed by atoms with van der Waals surface area (Å²) < 4.78 is 30.6. The third kappa shape index (κ3) is 3.43. The smallest absolute Gasteiger partial charge is 0.354 e. The highest BCUT2D eigenvalue weighted by Crippen LogP contribution is 2.08. The molecule has 0 saturated heterocycles. The molecule has 7 nitrogen and oxygen atoms in total. The summed E-state index contributed by atoms with van der Waals surface area (Å²) in [4.78, 5) is 14.7. The Labute approximate surface area is 115 Å². The Bertz CT molecular complexity index is 694. The second kappa shape index (κ2) is 5.85. The van der Waals surface area contributed by atoms with Crippen molar-refractivity contribution in [2.24, 2.45) is 0 Å². The summed E-state index contributed by atoms with van der Waals surface area (Å²) in [6.45, 7) is 0.115. The van der Waals surface area contributed by atoms with E-state index in [0.717, 1.165) is 6.26 Å². The van der Waals surface area contributed by atoms with E-state index in [1.54, 1.807) is 12.1 Å². The topological polar surface area (TPSA) is 110 Å². The minimum Gasteiger partial charge on any atom is -0.477 e. The second-order valence-corrected chi connectivity index (χ2v) is 5.69. The van der Waals surface area contributed by atoms with Crippen molar-refractivity contribution in [3.8, 4) is 0 Å². The predicted octanol–water partition coefficient (Wildman–Crippen LogP) is 0.894. The fourth-order valence-electron chi connectivity index (χ4n) is 1.54. The summed E-state index contributed by atoms with van der Waals surface area (Å²) in [6, 6.07) is 5.92. The Morgan fingerprint density at radius 3 is 2.80 bits per heavy atom. The van der Waals surface area contributed by atoms with Crippen LogP contribution in [0.15, 0.2) is 46.1 Å². The van der Waals surface area contributed by atoms with E-state index >= 15 is 0 Å². The van der Waals surface area contributed by atoms with Crippen LogP contribution in [0, 0.1) is 0 Å². The fraction of sp³-hybridized carbons (Fsp3) is 0.167. The Kier molecular flexibility index (Phi) is 4.16. The zero-order valence-electron chi connectivity index (χ0n) is 10.3. The highest BCUT2D eigenvalue weighted by molar-refractivity contribution is 7.89. The van der Waals surface area contributed by atoms with E-state index < -0.39 is 16.0 Å². The maximum absolute atomic E-state index is 11.8. The lowest BCUT2D eigenvalue weighted by molar-refractivity contribution is 0.0690. The number of rotatable bonds is 6. The van der Waals surface area contributed by atoms with Gasteiger partial charge in [-0.3, -0.25) is 0 Å². The van der Waals surface area contributed by atoms with Crippen molar-refractivity contribution in [3.05, 3.63) is 48.2 Å². The van der Waals surface area contributed by atoms with Gasteiger partial charge in [0, 0.05) is 18.7 Å². The highest BCUT2D eigenvalue weighted by atomic mass is 32.2. The normalized spacial score (nSPS) is 11.4. The van der Waals surface area contributed by atoms with Gasteiger partial charge in [-0.25, -0.2) is 22.9 Å². The Balaban J connectivity index is 1.97. The first-order valence-electron chi connectivity index (χ1n) is 5.70. The molecule has 0 aliphatic carbocycles. The van der Waals surface area contributed by atoms with Crippen LogP contribution in [0.2, 0.25) is 0 Å². The minimum atomic E-state index is -3.60. The van der Waals surface area contributed by atoms with Gasteiger partial charge in [0.15, 0.2) is 0 Å². The number of furan rings is 1. The first-order chi connectivity index (χ1) is 9.49. The van der Waals surface area contributed by atoms with Crippen molar-refractivity contribution < 1.29 is 22.7 Å². The number of aromatic carboxylic acids is 1. The van der Waals surface area contributed by atoms with Crippen molar-refractivity contribution in [1.82, 2.24) is 9.71 Å². The molecule has 2 heterocycles. The van der Waals surface area contributed by atoms with Crippen molar-refractivity contribution >= 4 is 16.0 Å². The number of carbonyl (C=O) groups is 1. The first-order valence-corrected chi connectivity index (χ1v) is 7.18. The van der Waals surface area contributed by atoms with E-state index in [0.29, 0.717) is 5.69 Å². The molecule has 0 aromatic carbocycles. The van der Waals surface area contributed by atoms with E-state index in [2.05, 4.69) is 9.71 Å². The third-order valence-corrected chi connectivity index (χ3v) is 3.94. The van der Waals surface area contributed by atoms with Gasteiger partial charge < -0.3 is 9.52 Å². The Hall–Kier alpha value is -2.19. The number of carboxylic acids is 1. The van der Waals surface area contributed by atoms with Crippen molar-refractivity contribution in [2.45, 2.75) is 11.3 Å². The standard InChI is InChI=1S/C12H12N2O5S/c15-12(16)11-3-1-2-9(14-11)4-6-13-20(17,18)10-5-7-19-8-10/h1-3,5,7-8,13H,4,6H2,(H,15,16). The van der Waals surface area contributed by atoms with Crippen LogP contribution in [0.1, 0.15) is 16.2 Å². The zero-order valence-corrected chi connectivity index (χ0v) is 11.1. The number of nitrogens with zero attached hydrogens (tertiary/aromatic N) is 1. The van der Waals surface area contributed by atoms with Crippen molar-refractivity contribution in [2.75, 3.05) is 6.54 Å². The molecule has 2 rings (SSSR count). The summed E-state index contributed by atoms with van der Waals surface area (Å²) in [7, 11) is -3.60. The van der Waals surface area contributed by atoms with Crippen molar-refractivity contribution in [1.29, 1.82) is 0 Å². The molecule has 2 aromatic heterocycles. The lowest BCUT2D eigenvalue weighted by Crippen LogP contribution is -2.25. The highest BCUT2D eigenvalue weighted by Gasteiger charge is 2.14. The lowest BCUT2D eigenvalue weighted by atomic mass is 10.2. The van der Waals surface area contributed by atoms with E-state index in [-0.39, 0.29) is 23.6 Å². The van der Waals surface area contributed by atoms with Gasteiger partial charge >= 0.3 is 5.97 Å². The first kappa shape index (κ1) is 14.2. The van der Waals surface area contributed by atoms with Crippen LogP contribution in [0.4, 0.5) is 0 Å². The van der Waals surface area contributed by atoms with Crippen LogP contribution >= 0.6 is 0 Å². The van der Waals surface area contributed by atoms with Crippen LogP contribution in [-0.2, 0) is 16.4 Å². The van der Waals surface area contributed by atoms with Crippen LogP contribution in [-0.4, -0.2) is 31.0 Å². The van der Waals surface area contributed by atoms with Crippen molar-refractivity contribution in [3.63, 3.8) is 0 Å². The summed E-state index contributed by atoms with van der Waals surface area (Å²) in [5, 5.41) is 8.80. The minimum absolute atomic E-state index is 0.0461. The predicted molar refractivity (Wildman–Crippen MR) is 68.8 cm³/mol. The van der Waals surface area contributed by atoms with Gasteiger partial charge in [-0.15, -0.1) is 0 Å². The monoisotopic (exact) mass is 296 g/mol. The zero-order chi connectivity index (χ0) is 14.6. The average Bonchev–Trinajstić information content (AvgIpc) is 2.93. The molecule has 2 N–H and O–H groups in total. The lowest BCUT2D eigenvalue weighted by Gasteiger charge is -2.04. The third-order valence-electron chi connectivity index (χ3n) is 2.50. The van der Waals surface area contributed by atoms with E-state index in [1.807, 2.05) is 0 Å². The molecular weight excluding hydrogens is 284 g/mol. The molecule has 2 aromatic rings. The molecule has 0 spiro atoms. The van der Waals surface area contributed by atoms with Gasteiger partial charge in [0.2, 0.25) is 10.0 Å². The number of carboxylic acid groups (broad SMARTS) is 1. The summed E-state index contributed by atoms with van der Waals surface area (Å²) >= 11 is 0. The molecule has 0 fully saturated rings. The molecule has 0 radical (unpaired) electrons. The molecule has 20 heavy (non-hydrogen) atoms. The van der Waals surface area contributed by atoms with Gasteiger partial charge in [-0.1, -0.05) is 6.07 Å². The number of hydrogen-bond donors (Lipinski definition) is 2. The fourth-order valence-corrected chi connectivity index (χ4v) is 2.49. The maximum atomic E-state index is 11.8. The van der Waals surface area contributed by atoms with Gasteiger partial charge in [0.05, 0.1) is 6.26 Å².